The first-order chi connectivity index (χ1) is 18.1. The lowest BCUT2D eigenvalue weighted by Crippen LogP contribution is -2.17. The number of carbonyl (C=O) groups is 2. The van der Waals surface area contributed by atoms with Crippen LogP contribution in [0.3, 0.4) is 0 Å². The molecule has 0 aliphatic carbocycles. The molecule has 0 aliphatic heterocycles. The largest absolute Gasteiger partial charge is 0.493 e. The SMILES string of the molecule is CCOC(=O)CNc1c(-c2ccc(OC(=O)c3ccc(C(C)(C)C)cc3)c(OC)c2)nc2ccc(Br)cn12. The van der Waals surface area contributed by atoms with E-state index >= 15 is 0 Å². The molecule has 0 radical (unpaired) electrons. The third-order valence-electron chi connectivity index (χ3n) is 5.91. The number of anilines is 1. The Morgan fingerprint density at radius 2 is 1.76 bits per heavy atom. The predicted molar refractivity (Wildman–Crippen MR) is 150 cm³/mol. The first-order valence-electron chi connectivity index (χ1n) is 12.2. The second-order valence-electron chi connectivity index (χ2n) is 9.63. The van der Waals surface area contributed by atoms with E-state index in [-0.39, 0.29) is 23.7 Å². The maximum atomic E-state index is 12.9. The van der Waals surface area contributed by atoms with Crippen molar-refractivity contribution in [1.82, 2.24) is 9.38 Å². The highest BCUT2D eigenvalue weighted by Gasteiger charge is 2.20. The molecule has 8 nitrogen and oxygen atoms in total. The summed E-state index contributed by atoms with van der Waals surface area (Å²) in [6.07, 6.45) is 1.86. The van der Waals surface area contributed by atoms with Crippen LogP contribution in [-0.2, 0) is 14.9 Å². The monoisotopic (exact) mass is 579 g/mol. The van der Waals surface area contributed by atoms with Gasteiger partial charge in [-0.25, -0.2) is 9.78 Å². The highest BCUT2D eigenvalue weighted by atomic mass is 79.9. The molecule has 0 spiro atoms. The van der Waals surface area contributed by atoms with E-state index in [0.29, 0.717) is 40.6 Å². The van der Waals surface area contributed by atoms with Gasteiger partial charge in [-0.2, -0.15) is 0 Å². The molecule has 0 amide bonds. The summed E-state index contributed by atoms with van der Waals surface area (Å²) in [7, 11) is 1.51. The van der Waals surface area contributed by atoms with Crippen LogP contribution < -0.4 is 14.8 Å². The summed E-state index contributed by atoms with van der Waals surface area (Å²) < 4.78 is 19.0. The Kier molecular flexibility index (Phi) is 8.06. The zero-order chi connectivity index (χ0) is 27.4. The molecule has 1 N–H and O–H groups in total. The molecule has 0 bridgehead atoms. The Morgan fingerprint density at radius 1 is 1.03 bits per heavy atom. The molecular formula is C29H30BrN3O5. The molecule has 0 fully saturated rings. The molecule has 9 heteroatoms. The third kappa shape index (κ3) is 5.99. The Labute approximate surface area is 230 Å². The normalized spacial score (nSPS) is 11.3. The van der Waals surface area contributed by atoms with E-state index < -0.39 is 5.97 Å². The number of fused-ring (bicyclic) bond motifs is 1. The number of hydrogen-bond acceptors (Lipinski definition) is 7. The minimum Gasteiger partial charge on any atom is -0.493 e. The number of halogens is 1. The Hall–Kier alpha value is -3.85. The number of nitrogens with zero attached hydrogens (tertiary/aromatic N) is 2. The number of rotatable bonds is 8. The van der Waals surface area contributed by atoms with Gasteiger partial charge in [-0.05, 0) is 76.3 Å². The van der Waals surface area contributed by atoms with E-state index in [4.69, 9.17) is 19.2 Å². The Morgan fingerprint density at radius 3 is 2.42 bits per heavy atom. The van der Waals surface area contributed by atoms with Crippen LogP contribution in [0.4, 0.5) is 5.82 Å². The number of esters is 2. The third-order valence-corrected chi connectivity index (χ3v) is 6.38. The molecule has 2 heterocycles. The van der Waals surface area contributed by atoms with Crippen LogP contribution in [0.5, 0.6) is 11.5 Å². The van der Waals surface area contributed by atoms with Crippen LogP contribution >= 0.6 is 15.9 Å². The molecule has 0 aliphatic rings. The van der Waals surface area contributed by atoms with Gasteiger partial charge in [0.2, 0.25) is 0 Å². The van der Waals surface area contributed by atoms with E-state index in [1.807, 2.05) is 34.9 Å². The molecule has 4 rings (SSSR count). The number of pyridine rings is 1. The van der Waals surface area contributed by atoms with Crippen LogP contribution in [0.15, 0.2) is 65.3 Å². The Bertz CT molecular complexity index is 1470. The van der Waals surface area contributed by atoms with Crippen LogP contribution in [0, 0.1) is 0 Å². The molecule has 0 unspecified atom stereocenters. The number of methoxy groups -OCH3 is 1. The number of benzene rings is 2. The second-order valence-corrected chi connectivity index (χ2v) is 10.5. The maximum Gasteiger partial charge on any atom is 0.343 e. The van der Waals surface area contributed by atoms with Crippen molar-refractivity contribution in [3.8, 4) is 22.8 Å². The second kappa shape index (κ2) is 11.3. The molecular weight excluding hydrogens is 550 g/mol. The summed E-state index contributed by atoms with van der Waals surface area (Å²) in [6, 6.07) is 16.4. The van der Waals surface area contributed by atoms with E-state index in [0.717, 1.165) is 10.0 Å². The van der Waals surface area contributed by atoms with Crippen molar-refractivity contribution in [3.63, 3.8) is 0 Å². The average molecular weight is 580 g/mol. The van der Waals surface area contributed by atoms with Crippen molar-refractivity contribution in [3.05, 3.63) is 76.4 Å². The van der Waals surface area contributed by atoms with Crippen molar-refractivity contribution in [2.24, 2.45) is 0 Å². The van der Waals surface area contributed by atoms with Crippen molar-refractivity contribution < 1.29 is 23.8 Å². The van der Waals surface area contributed by atoms with Gasteiger partial charge < -0.3 is 19.5 Å². The molecule has 2 aromatic carbocycles. The molecule has 38 heavy (non-hydrogen) atoms. The van der Waals surface area contributed by atoms with Gasteiger partial charge in [0.15, 0.2) is 11.5 Å². The summed E-state index contributed by atoms with van der Waals surface area (Å²) in [5, 5.41) is 3.15. The standard InChI is InChI=1S/C29H30BrN3O5/c1-6-37-25(34)16-31-27-26(32-24-14-12-21(30)17-33(24)27)19-9-13-22(23(15-19)36-5)38-28(35)18-7-10-20(11-8-18)29(2,3)4/h7-15,17,31H,6,16H2,1-5H3. The number of aromatic nitrogens is 2. The zero-order valence-corrected chi connectivity index (χ0v) is 23.6. The van der Waals surface area contributed by atoms with Crippen molar-refractivity contribution in [1.29, 1.82) is 0 Å². The van der Waals surface area contributed by atoms with E-state index in [9.17, 15) is 9.59 Å². The first kappa shape index (κ1) is 27.2. The van der Waals surface area contributed by atoms with Gasteiger partial charge in [0.05, 0.1) is 19.3 Å². The fourth-order valence-electron chi connectivity index (χ4n) is 3.92. The molecule has 2 aromatic heterocycles. The Balaban J connectivity index is 1.64. The van der Waals surface area contributed by atoms with E-state index in [2.05, 4.69) is 42.0 Å². The summed E-state index contributed by atoms with van der Waals surface area (Å²) in [5.74, 6) is 0.412. The molecule has 0 atom stereocenters. The topological polar surface area (TPSA) is 91.2 Å². The molecule has 4 aromatic rings. The minimum absolute atomic E-state index is 0.0144. The van der Waals surface area contributed by atoms with Gasteiger partial charge in [0.25, 0.3) is 0 Å². The first-order valence-corrected chi connectivity index (χ1v) is 13.0. The van der Waals surface area contributed by atoms with Gasteiger partial charge in [-0.15, -0.1) is 0 Å². The smallest absolute Gasteiger partial charge is 0.343 e. The minimum atomic E-state index is -0.481. The van der Waals surface area contributed by atoms with Crippen molar-refractivity contribution >= 4 is 39.3 Å². The van der Waals surface area contributed by atoms with E-state index in [1.165, 1.54) is 7.11 Å². The number of ether oxygens (including phenoxy) is 3. The van der Waals surface area contributed by atoms with Crippen LogP contribution in [-0.4, -0.2) is 41.6 Å². The number of imidazole rings is 1. The quantitative estimate of drug-likeness (QED) is 0.194. The number of nitrogens with one attached hydrogen (secondary N) is 1. The fourth-order valence-corrected chi connectivity index (χ4v) is 4.26. The molecule has 0 saturated carbocycles. The zero-order valence-electron chi connectivity index (χ0n) is 22.0. The predicted octanol–water partition coefficient (Wildman–Crippen LogP) is 6.26. The number of hydrogen-bond donors (Lipinski definition) is 1. The molecule has 198 valence electrons. The lowest BCUT2D eigenvalue weighted by atomic mass is 9.87. The maximum absolute atomic E-state index is 12.9. The fraction of sp³-hybridized carbons (Fsp3) is 0.276. The van der Waals surface area contributed by atoms with Crippen molar-refractivity contribution in [2.45, 2.75) is 33.1 Å². The summed E-state index contributed by atoms with van der Waals surface area (Å²) in [5.41, 5.74) is 3.55. The lowest BCUT2D eigenvalue weighted by Gasteiger charge is -2.19. The van der Waals surface area contributed by atoms with Crippen molar-refractivity contribution in [2.75, 3.05) is 25.6 Å². The van der Waals surface area contributed by atoms with Gasteiger partial charge in [-0.3, -0.25) is 9.20 Å². The van der Waals surface area contributed by atoms with Gasteiger partial charge in [0, 0.05) is 16.2 Å². The van der Waals surface area contributed by atoms with Gasteiger partial charge >= 0.3 is 11.9 Å². The van der Waals surface area contributed by atoms with E-state index in [1.54, 1.807) is 37.3 Å². The summed E-state index contributed by atoms with van der Waals surface area (Å²) in [6.45, 7) is 8.38. The summed E-state index contributed by atoms with van der Waals surface area (Å²) in [4.78, 5) is 29.6. The van der Waals surface area contributed by atoms with Crippen LogP contribution in [0.2, 0.25) is 0 Å². The van der Waals surface area contributed by atoms with Gasteiger partial charge in [0.1, 0.15) is 23.7 Å². The highest BCUT2D eigenvalue weighted by molar-refractivity contribution is 9.10. The lowest BCUT2D eigenvalue weighted by molar-refractivity contribution is -0.140. The van der Waals surface area contributed by atoms with Crippen LogP contribution in [0.1, 0.15) is 43.6 Å². The highest BCUT2D eigenvalue weighted by Crippen LogP contribution is 2.36. The number of carbonyl (C=O) groups excluding carboxylic acids is 2. The van der Waals surface area contributed by atoms with Crippen LogP contribution in [0.25, 0.3) is 16.9 Å². The molecule has 0 saturated heterocycles. The average Bonchev–Trinajstić information content (AvgIpc) is 3.25. The summed E-state index contributed by atoms with van der Waals surface area (Å²) >= 11 is 3.49. The van der Waals surface area contributed by atoms with Gasteiger partial charge in [-0.1, -0.05) is 32.9 Å².